The van der Waals surface area contributed by atoms with Gasteiger partial charge < -0.3 is 4.74 Å². The Morgan fingerprint density at radius 2 is 0.736 bits per heavy atom. The first kappa shape index (κ1) is 30.6. The Labute approximate surface area is 307 Å². The van der Waals surface area contributed by atoms with E-state index in [1.807, 2.05) is 66.7 Å². The number of ether oxygens (including phenoxy) is 1. The summed E-state index contributed by atoms with van der Waals surface area (Å²) in [4.78, 5) is 14.7. The molecule has 0 saturated carbocycles. The summed E-state index contributed by atoms with van der Waals surface area (Å²) >= 11 is 0. The minimum absolute atomic E-state index is 0.630. The van der Waals surface area contributed by atoms with Gasteiger partial charge in [0.15, 0.2) is 17.5 Å². The number of hydrogen-bond acceptors (Lipinski definition) is 4. The third kappa shape index (κ3) is 5.54. The van der Waals surface area contributed by atoms with E-state index in [4.69, 9.17) is 19.7 Å². The molecule has 53 heavy (non-hydrogen) atoms. The Morgan fingerprint density at radius 3 is 1.34 bits per heavy atom. The lowest BCUT2D eigenvalue weighted by molar-refractivity contribution is 0.487. The van der Waals surface area contributed by atoms with Crippen molar-refractivity contribution < 1.29 is 4.74 Å². The molecule has 4 heteroatoms. The van der Waals surface area contributed by atoms with E-state index in [1.54, 1.807) is 0 Å². The second kappa shape index (κ2) is 12.9. The van der Waals surface area contributed by atoms with Crippen LogP contribution in [0, 0.1) is 0 Å². The van der Waals surface area contributed by atoms with Gasteiger partial charge >= 0.3 is 0 Å². The molecule has 2 heterocycles. The molecule has 0 radical (unpaired) electrons. The second-order valence-electron chi connectivity index (χ2n) is 13.2. The van der Waals surface area contributed by atoms with Gasteiger partial charge in [-0.1, -0.05) is 176 Å². The maximum Gasteiger partial charge on any atom is 0.164 e. The number of aromatic nitrogens is 3. The summed E-state index contributed by atoms with van der Waals surface area (Å²) in [5, 5.41) is 2.29. The van der Waals surface area contributed by atoms with Crippen LogP contribution >= 0.6 is 0 Å². The van der Waals surface area contributed by atoms with Crippen molar-refractivity contribution in [3.63, 3.8) is 0 Å². The molecule has 4 nitrogen and oxygen atoms in total. The van der Waals surface area contributed by atoms with Gasteiger partial charge in [-0.3, -0.25) is 0 Å². The molecule has 0 amide bonds. The van der Waals surface area contributed by atoms with Crippen LogP contribution in [0.15, 0.2) is 188 Å². The molecule has 1 aliphatic rings. The molecule has 0 saturated heterocycles. The first-order chi connectivity index (χ1) is 26.3. The highest BCUT2D eigenvalue weighted by molar-refractivity contribution is 6.12. The second-order valence-corrected chi connectivity index (χ2v) is 13.2. The molecular weight excluding hydrogens is 647 g/mol. The quantitative estimate of drug-likeness (QED) is 0.176. The maximum absolute atomic E-state index is 6.66. The van der Waals surface area contributed by atoms with Gasteiger partial charge in [0, 0.05) is 27.6 Å². The molecule has 0 bridgehead atoms. The molecule has 8 aromatic carbocycles. The summed E-state index contributed by atoms with van der Waals surface area (Å²) in [6.07, 6.45) is 0. The molecule has 0 aliphatic carbocycles. The molecule has 0 spiro atoms. The lowest BCUT2D eigenvalue weighted by Crippen LogP contribution is -2.00. The van der Waals surface area contributed by atoms with Crippen molar-refractivity contribution in [3.8, 4) is 90.2 Å². The summed E-state index contributed by atoms with van der Waals surface area (Å²) in [7, 11) is 0. The first-order valence-electron chi connectivity index (χ1n) is 17.8. The van der Waals surface area contributed by atoms with Crippen LogP contribution in [0.1, 0.15) is 0 Å². The van der Waals surface area contributed by atoms with E-state index in [0.29, 0.717) is 17.5 Å². The maximum atomic E-state index is 6.66. The minimum Gasteiger partial charge on any atom is -0.456 e. The SMILES string of the molecule is c1ccc(-c2ccc(-c3ccc4c5c(cccc35)-c3c(cccc3-c3ccc(-c5nc(-c6ccccc6)nc(-c6ccccc6)n5)cc3)O4)cc2)cc1. The van der Waals surface area contributed by atoms with E-state index >= 15 is 0 Å². The van der Waals surface area contributed by atoms with Crippen molar-refractivity contribution in [1.29, 1.82) is 0 Å². The van der Waals surface area contributed by atoms with Gasteiger partial charge in [-0.25, -0.2) is 15.0 Å². The van der Waals surface area contributed by atoms with E-state index < -0.39 is 0 Å². The highest BCUT2D eigenvalue weighted by Crippen LogP contribution is 2.51. The molecule has 10 rings (SSSR count). The van der Waals surface area contributed by atoms with E-state index in [9.17, 15) is 0 Å². The average molecular weight is 678 g/mol. The van der Waals surface area contributed by atoms with Crippen LogP contribution in [0.3, 0.4) is 0 Å². The van der Waals surface area contributed by atoms with Crippen molar-refractivity contribution in [3.05, 3.63) is 188 Å². The molecule has 0 fully saturated rings. The fourth-order valence-corrected chi connectivity index (χ4v) is 7.38. The van der Waals surface area contributed by atoms with Gasteiger partial charge in [0.2, 0.25) is 0 Å². The van der Waals surface area contributed by atoms with Gasteiger partial charge in [0.1, 0.15) is 11.5 Å². The third-order valence-electron chi connectivity index (χ3n) is 9.97. The zero-order valence-corrected chi connectivity index (χ0v) is 28.6. The standard InChI is InChI=1S/C49H31N3O/c1-4-12-32(13-5-1)33-22-24-34(25-23-33)39-30-31-44-46-41(39)19-10-20-42(46)45-40(18-11-21-43(45)53-44)35-26-28-38(29-27-35)49-51-47(36-14-6-2-7-15-36)50-48(52-49)37-16-8-3-9-17-37/h1-31H. The van der Waals surface area contributed by atoms with Crippen LogP contribution in [0.5, 0.6) is 11.5 Å². The van der Waals surface area contributed by atoms with Gasteiger partial charge in [-0.15, -0.1) is 0 Å². The Hall–Kier alpha value is -7.17. The van der Waals surface area contributed by atoms with Crippen molar-refractivity contribution in [2.75, 3.05) is 0 Å². The molecular formula is C49H31N3O. The van der Waals surface area contributed by atoms with E-state index in [1.165, 1.54) is 33.2 Å². The van der Waals surface area contributed by atoms with Crippen molar-refractivity contribution in [2.45, 2.75) is 0 Å². The monoisotopic (exact) mass is 677 g/mol. The smallest absolute Gasteiger partial charge is 0.164 e. The number of benzene rings is 8. The zero-order chi connectivity index (χ0) is 35.1. The Bertz CT molecular complexity index is 2710. The predicted octanol–water partition coefficient (Wildman–Crippen LogP) is 12.8. The number of fused-ring (bicyclic) bond motifs is 2. The largest absolute Gasteiger partial charge is 0.456 e. The Balaban J connectivity index is 1.04. The van der Waals surface area contributed by atoms with Crippen LogP contribution < -0.4 is 4.74 Å². The van der Waals surface area contributed by atoms with Crippen LogP contribution in [0.4, 0.5) is 0 Å². The topological polar surface area (TPSA) is 47.9 Å². The molecule has 9 aromatic rings. The molecule has 0 unspecified atom stereocenters. The first-order valence-corrected chi connectivity index (χ1v) is 17.8. The van der Waals surface area contributed by atoms with Crippen LogP contribution in [0.25, 0.3) is 89.4 Å². The predicted molar refractivity (Wildman–Crippen MR) is 215 cm³/mol. The average Bonchev–Trinajstić information content (AvgIpc) is 3.24. The van der Waals surface area contributed by atoms with E-state index in [0.717, 1.165) is 50.3 Å². The molecule has 1 aromatic heterocycles. The lowest BCUT2D eigenvalue weighted by atomic mass is 9.86. The van der Waals surface area contributed by atoms with Crippen LogP contribution in [-0.4, -0.2) is 15.0 Å². The van der Waals surface area contributed by atoms with E-state index in [-0.39, 0.29) is 0 Å². The fraction of sp³-hybridized carbons (Fsp3) is 0. The zero-order valence-electron chi connectivity index (χ0n) is 28.6. The van der Waals surface area contributed by atoms with Gasteiger partial charge in [-0.2, -0.15) is 0 Å². The highest BCUT2D eigenvalue weighted by atomic mass is 16.5. The summed E-state index contributed by atoms with van der Waals surface area (Å²) < 4.78 is 6.66. The number of nitrogens with zero attached hydrogens (tertiary/aromatic N) is 3. The normalized spacial score (nSPS) is 11.5. The number of rotatable bonds is 6. The van der Waals surface area contributed by atoms with Gasteiger partial charge in [0.05, 0.1) is 0 Å². The summed E-state index contributed by atoms with van der Waals surface area (Å²) in [6.45, 7) is 0. The minimum atomic E-state index is 0.630. The van der Waals surface area contributed by atoms with E-state index in [2.05, 4.69) is 121 Å². The summed E-state index contributed by atoms with van der Waals surface area (Å²) in [6, 6.07) is 65.2. The van der Waals surface area contributed by atoms with Gasteiger partial charge in [-0.05, 0) is 56.5 Å². The molecule has 248 valence electrons. The highest BCUT2D eigenvalue weighted by Gasteiger charge is 2.24. The van der Waals surface area contributed by atoms with Gasteiger partial charge in [0.25, 0.3) is 0 Å². The fourth-order valence-electron chi connectivity index (χ4n) is 7.38. The number of hydrogen-bond donors (Lipinski definition) is 0. The molecule has 0 atom stereocenters. The van der Waals surface area contributed by atoms with Crippen LogP contribution in [0.2, 0.25) is 0 Å². The third-order valence-corrected chi connectivity index (χ3v) is 9.97. The summed E-state index contributed by atoms with van der Waals surface area (Å²) in [5.74, 6) is 3.64. The van der Waals surface area contributed by atoms with Crippen molar-refractivity contribution in [2.24, 2.45) is 0 Å². The molecule has 1 aliphatic heterocycles. The van der Waals surface area contributed by atoms with Crippen LogP contribution in [-0.2, 0) is 0 Å². The van der Waals surface area contributed by atoms with Crippen molar-refractivity contribution >= 4 is 10.8 Å². The summed E-state index contributed by atoms with van der Waals surface area (Å²) in [5.41, 5.74) is 12.0. The Morgan fingerprint density at radius 1 is 0.283 bits per heavy atom. The lowest BCUT2D eigenvalue weighted by Gasteiger charge is -2.25. The molecule has 0 N–H and O–H groups in total. The Kier molecular flexibility index (Phi) is 7.43. The van der Waals surface area contributed by atoms with Crippen molar-refractivity contribution in [1.82, 2.24) is 15.0 Å².